The Morgan fingerprint density at radius 1 is 1.14 bits per heavy atom. The number of benzene rings is 2. The van der Waals surface area contributed by atoms with Gasteiger partial charge in [-0.15, -0.1) is 11.8 Å². The monoisotopic (exact) mass is 330 g/mol. The summed E-state index contributed by atoms with van der Waals surface area (Å²) in [5.41, 5.74) is -0.0367. The normalized spacial score (nSPS) is 11.4. The highest BCUT2D eigenvalue weighted by atomic mass is 35.5. The quantitative estimate of drug-likeness (QED) is 0.546. The van der Waals surface area contributed by atoms with Crippen LogP contribution in [0.2, 0.25) is 5.02 Å². The molecule has 0 aliphatic heterocycles. The van der Waals surface area contributed by atoms with Gasteiger partial charge in [0.25, 0.3) is 0 Å². The van der Waals surface area contributed by atoms with E-state index in [0.29, 0.717) is 17.1 Å². The summed E-state index contributed by atoms with van der Waals surface area (Å²) in [6, 6.07) is 10.5. The third-order valence-electron chi connectivity index (χ3n) is 2.79. The van der Waals surface area contributed by atoms with Gasteiger partial charge >= 0.3 is 6.18 Å². The minimum atomic E-state index is -4.50. The van der Waals surface area contributed by atoms with Gasteiger partial charge in [0.15, 0.2) is 0 Å². The van der Waals surface area contributed by atoms with Crippen molar-refractivity contribution in [2.24, 2.45) is 0 Å². The summed E-state index contributed by atoms with van der Waals surface area (Å²) in [7, 11) is 0. The highest BCUT2D eigenvalue weighted by Crippen LogP contribution is 2.38. The molecule has 0 N–H and O–H groups in total. The number of carbonyl (C=O) groups excluding carboxylic acids is 1. The van der Waals surface area contributed by atoms with Crippen LogP contribution in [0.3, 0.4) is 0 Å². The standard InChI is InChI=1S/C15H10ClF3OS/c16-13-4-2-1-3-11(13)9-21-14-6-5-10(8-20)7-12(14)15(17,18)19/h1-8H,9H2. The molecule has 21 heavy (non-hydrogen) atoms. The molecular formula is C15H10ClF3OS. The van der Waals surface area contributed by atoms with E-state index in [-0.39, 0.29) is 10.5 Å². The predicted molar refractivity (Wildman–Crippen MR) is 77.8 cm³/mol. The van der Waals surface area contributed by atoms with Gasteiger partial charge in [-0.1, -0.05) is 35.9 Å². The van der Waals surface area contributed by atoms with Crippen molar-refractivity contribution in [3.05, 3.63) is 64.2 Å². The molecule has 0 fully saturated rings. The van der Waals surface area contributed by atoms with Crippen molar-refractivity contribution >= 4 is 29.6 Å². The van der Waals surface area contributed by atoms with Crippen molar-refractivity contribution in [1.29, 1.82) is 0 Å². The molecule has 6 heteroatoms. The first-order chi connectivity index (χ1) is 9.91. The van der Waals surface area contributed by atoms with Crippen molar-refractivity contribution < 1.29 is 18.0 Å². The average Bonchev–Trinajstić information content (AvgIpc) is 2.45. The summed E-state index contributed by atoms with van der Waals surface area (Å²) in [6.45, 7) is 0. The molecule has 2 aromatic carbocycles. The van der Waals surface area contributed by atoms with Gasteiger partial charge in [0.05, 0.1) is 5.56 Å². The number of hydrogen-bond donors (Lipinski definition) is 0. The number of hydrogen-bond acceptors (Lipinski definition) is 2. The minimum absolute atomic E-state index is 0.00409. The van der Waals surface area contributed by atoms with E-state index in [2.05, 4.69) is 0 Å². The maximum Gasteiger partial charge on any atom is 0.417 e. The maximum absolute atomic E-state index is 13.0. The number of rotatable bonds is 4. The second-order valence-electron chi connectivity index (χ2n) is 4.25. The largest absolute Gasteiger partial charge is 0.417 e. The van der Waals surface area contributed by atoms with Gasteiger partial charge in [0.1, 0.15) is 6.29 Å². The van der Waals surface area contributed by atoms with Crippen LogP contribution in [0.4, 0.5) is 13.2 Å². The number of carbonyl (C=O) groups is 1. The molecular weight excluding hydrogens is 321 g/mol. The maximum atomic E-state index is 13.0. The fourth-order valence-electron chi connectivity index (χ4n) is 1.74. The average molecular weight is 331 g/mol. The molecule has 0 spiro atoms. The Balaban J connectivity index is 2.28. The number of halogens is 4. The van der Waals surface area contributed by atoms with Crippen molar-refractivity contribution in [3.63, 3.8) is 0 Å². The summed E-state index contributed by atoms with van der Waals surface area (Å²) in [4.78, 5) is 10.7. The fraction of sp³-hybridized carbons (Fsp3) is 0.133. The van der Waals surface area contributed by atoms with Crippen LogP contribution in [-0.2, 0) is 11.9 Å². The lowest BCUT2D eigenvalue weighted by molar-refractivity contribution is -0.139. The van der Waals surface area contributed by atoms with Gasteiger partial charge in [-0.2, -0.15) is 13.2 Å². The van der Waals surface area contributed by atoms with Gasteiger partial charge in [-0.05, 0) is 23.8 Å². The Hall–Kier alpha value is -1.46. The molecule has 0 saturated carbocycles. The van der Waals surface area contributed by atoms with Crippen LogP contribution in [0, 0.1) is 0 Å². The highest BCUT2D eigenvalue weighted by molar-refractivity contribution is 7.98. The third kappa shape index (κ3) is 4.02. The molecule has 0 saturated heterocycles. The van der Waals surface area contributed by atoms with E-state index >= 15 is 0 Å². The SMILES string of the molecule is O=Cc1ccc(SCc2ccccc2Cl)c(C(F)(F)F)c1. The van der Waals surface area contributed by atoms with Gasteiger partial charge in [0.2, 0.25) is 0 Å². The molecule has 0 aliphatic carbocycles. The van der Waals surface area contributed by atoms with Crippen molar-refractivity contribution in [2.75, 3.05) is 0 Å². The molecule has 0 aliphatic rings. The molecule has 0 bridgehead atoms. The van der Waals surface area contributed by atoms with Gasteiger partial charge < -0.3 is 0 Å². The van der Waals surface area contributed by atoms with E-state index in [9.17, 15) is 18.0 Å². The Bertz CT molecular complexity index is 656. The van der Waals surface area contributed by atoms with E-state index in [4.69, 9.17) is 11.6 Å². The first kappa shape index (κ1) is 15.9. The highest BCUT2D eigenvalue weighted by Gasteiger charge is 2.33. The van der Waals surface area contributed by atoms with Crippen molar-refractivity contribution in [3.8, 4) is 0 Å². The van der Waals surface area contributed by atoms with Gasteiger partial charge in [-0.3, -0.25) is 4.79 Å². The third-order valence-corrected chi connectivity index (χ3v) is 4.28. The Morgan fingerprint density at radius 2 is 1.86 bits per heavy atom. The van der Waals surface area contributed by atoms with E-state index in [1.807, 2.05) is 0 Å². The molecule has 0 radical (unpaired) electrons. The van der Waals surface area contributed by atoms with E-state index < -0.39 is 11.7 Å². The molecule has 0 amide bonds. The van der Waals surface area contributed by atoms with Crippen LogP contribution < -0.4 is 0 Å². The Morgan fingerprint density at radius 3 is 2.48 bits per heavy atom. The lowest BCUT2D eigenvalue weighted by Gasteiger charge is -2.13. The number of thioether (sulfide) groups is 1. The molecule has 0 unspecified atom stereocenters. The van der Waals surface area contributed by atoms with Crippen LogP contribution in [-0.4, -0.2) is 6.29 Å². The lowest BCUT2D eigenvalue weighted by atomic mass is 10.1. The summed E-state index contributed by atoms with van der Waals surface area (Å²) in [5.74, 6) is 0.323. The van der Waals surface area contributed by atoms with Crippen LogP contribution >= 0.6 is 23.4 Å². The second-order valence-corrected chi connectivity index (χ2v) is 5.68. The van der Waals surface area contributed by atoms with Gasteiger partial charge in [-0.25, -0.2) is 0 Å². The Kier molecular flexibility index (Phi) is 4.96. The molecule has 2 aromatic rings. The number of alkyl halides is 3. The number of aldehydes is 1. The summed E-state index contributed by atoms with van der Waals surface area (Å²) < 4.78 is 39.0. The topological polar surface area (TPSA) is 17.1 Å². The smallest absolute Gasteiger partial charge is 0.298 e. The molecule has 110 valence electrons. The summed E-state index contributed by atoms with van der Waals surface area (Å²) in [6.07, 6.45) is -4.10. The minimum Gasteiger partial charge on any atom is -0.298 e. The van der Waals surface area contributed by atoms with Crippen LogP contribution in [0.1, 0.15) is 21.5 Å². The van der Waals surface area contributed by atoms with E-state index in [1.165, 1.54) is 12.1 Å². The van der Waals surface area contributed by atoms with E-state index in [0.717, 1.165) is 23.4 Å². The van der Waals surface area contributed by atoms with Crippen LogP contribution in [0.25, 0.3) is 0 Å². The van der Waals surface area contributed by atoms with Crippen molar-refractivity contribution in [2.45, 2.75) is 16.8 Å². The first-order valence-corrected chi connectivity index (χ1v) is 7.31. The van der Waals surface area contributed by atoms with Crippen LogP contribution in [0.5, 0.6) is 0 Å². The zero-order valence-corrected chi connectivity index (χ0v) is 12.2. The zero-order chi connectivity index (χ0) is 15.5. The molecule has 0 atom stereocenters. The molecule has 0 aromatic heterocycles. The second kappa shape index (κ2) is 6.54. The summed E-state index contributed by atoms with van der Waals surface area (Å²) >= 11 is 7.03. The van der Waals surface area contributed by atoms with Gasteiger partial charge in [0, 0.05) is 21.2 Å². The zero-order valence-electron chi connectivity index (χ0n) is 10.7. The summed E-state index contributed by atoms with van der Waals surface area (Å²) in [5, 5.41) is 0.517. The predicted octanol–water partition coefficient (Wildman–Crippen LogP) is 5.46. The molecule has 2 rings (SSSR count). The molecule has 1 nitrogen and oxygen atoms in total. The van der Waals surface area contributed by atoms with Crippen molar-refractivity contribution in [1.82, 2.24) is 0 Å². The molecule has 0 heterocycles. The first-order valence-electron chi connectivity index (χ1n) is 5.94. The van der Waals surface area contributed by atoms with E-state index in [1.54, 1.807) is 24.3 Å². The fourth-order valence-corrected chi connectivity index (χ4v) is 3.08. The Labute approximate surface area is 129 Å². The lowest BCUT2D eigenvalue weighted by Crippen LogP contribution is -2.07. The van der Waals surface area contributed by atoms with Crippen LogP contribution in [0.15, 0.2) is 47.4 Å².